The van der Waals surface area contributed by atoms with Crippen molar-refractivity contribution in [1.82, 2.24) is 15.2 Å². The smallest absolute Gasteiger partial charge is 0.439 e. The lowest BCUT2D eigenvalue weighted by Crippen LogP contribution is -2.59. The van der Waals surface area contributed by atoms with Crippen molar-refractivity contribution < 1.29 is 32.9 Å². The SMILES string of the molecule is COc1cccc(C(=O)N2CCNCC2(C)C)n1.OC(O)C(F)(F)F. The van der Waals surface area contributed by atoms with Gasteiger partial charge >= 0.3 is 6.18 Å². The lowest BCUT2D eigenvalue weighted by Gasteiger charge is -2.42. The molecule has 7 nitrogen and oxygen atoms in total. The molecule has 1 fully saturated rings. The van der Waals surface area contributed by atoms with Crippen LogP contribution in [-0.4, -0.2) is 70.8 Å². The number of hydrogen-bond donors (Lipinski definition) is 3. The maximum Gasteiger partial charge on any atom is 0.439 e. The van der Waals surface area contributed by atoms with Crippen molar-refractivity contribution in [3.63, 3.8) is 0 Å². The van der Waals surface area contributed by atoms with Crippen LogP contribution in [-0.2, 0) is 0 Å². The van der Waals surface area contributed by atoms with E-state index in [2.05, 4.69) is 24.1 Å². The number of pyridine rings is 1. The molecule has 3 N–H and O–H groups in total. The molecule has 10 heteroatoms. The van der Waals surface area contributed by atoms with Crippen LogP contribution in [0.3, 0.4) is 0 Å². The van der Waals surface area contributed by atoms with Gasteiger partial charge in [-0.15, -0.1) is 0 Å². The average molecular weight is 365 g/mol. The summed E-state index contributed by atoms with van der Waals surface area (Å²) < 4.78 is 37.1. The first-order valence-electron chi connectivity index (χ1n) is 7.45. The van der Waals surface area contributed by atoms with E-state index in [0.29, 0.717) is 18.1 Å². The van der Waals surface area contributed by atoms with Crippen molar-refractivity contribution in [2.24, 2.45) is 0 Å². The summed E-state index contributed by atoms with van der Waals surface area (Å²) in [6, 6.07) is 5.25. The zero-order valence-electron chi connectivity index (χ0n) is 14.2. The van der Waals surface area contributed by atoms with E-state index in [0.717, 1.165) is 13.1 Å². The minimum atomic E-state index is -4.89. The summed E-state index contributed by atoms with van der Waals surface area (Å²) in [5, 5.41) is 17.9. The highest BCUT2D eigenvalue weighted by atomic mass is 19.4. The van der Waals surface area contributed by atoms with Crippen LogP contribution >= 0.6 is 0 Å². The van der Waals surface area contributed by atoms with Gasteiger partial charge in [-0.2, -0.15) is 13.2 Å². The van der Waals surface area contributed by atoms with Crippen molar-refractivity contribution in [2.45, 2.75) is 31.9 Å². The van der Waals surface area contributed by atoms with Crippen molar-refractivity contribution in [3.8, 4) is 5.88 Å². The lowest BCUT2D eigenvalue weighted by molar-refractivity contribution is -0.275. The highest BCUT2D eigenvalue weighted by Gasteiger charge is 2.36. The monoisotopic (exact) mass is 365 g/mol. The molecule has 1 aromatic rings. The molecule has 25 heavy (non-hydrogen) atoms. The number of carbonyl (C=O) groups is 1. The van der Waals surface area contributed by atoms with Gasteiger partial charge in [0, 0.05) is 25.7 Å². The Morgan fingerprint density at radius 1 is 1.40 bits per heavy atom. The number of alkyl halides is 3. The molecule has 2 heterocycles. The van der Waals surface area contributed by atoms with Gasteiger partial charge in [-0.3, -0.25) is 4.79 Å². The third kappa shape index (κ3) is 6.15. The van der Waals surface area contributed by atoms with E-state index in [-0.39, 0.29) is 11.4 Å². The van der Waals surface area contributed by atoms with Crippen LogP contribution < -0.4 is 10.1 Å². The van der Waals surface area contributed by atoms with Crippen LogP contribution in [0.2, 0.25) is 0 Å². The predicted octanol–water partition coefficient (Wildman–Crippen LogP) is 0.774. The van der Waals surface area contributed by atoms with Crippen molar-refractivity contribution in [2.75, 3.05) is 26.7 Å². The largest absolute Gasteiger partial charge is 0.481 e. The molecule has 1 aliphatic rings. The first-order valence-corrected chi connectivity index (χ1v) is 7.45. The van der Waals surface area contributed by atoms with E-state index in [4.69, 9.17) is 14.9 Å². The maximum absolute atomic E-state index is 12.5. The molecule has 0 aromatic carbocycles. The van der Waals surface area contributed by atoms with Gasteiger partial charge in [-0.05, 0) is 19.9 Å². The second-order valence-corrected chi connectivity index (χ2v) is 5.93. The number of piperazine rings is 1. The number of halogens is 3. The highest BCUT2D eigenvalue weighted by Crippen LogP contribution is 2.20. The fourth-order valence-corrected chi connectivity index (χ4v) is 2.15. The molecule has 1 saturated heterocycles. The Morgan fingerprint density at radius 2 is 2.00 bits per heavy atom. The van der Waals surface area contributed by atoms with Crippen molar-refractivity contribution >= 4 is 5.91 Å². The number of aliphatic hydroxyl groups is 2. The zero-order valence-corrected chi connectivity index (χ0v) is 14.2. The Hall–Kier alpha value is -1.91. The summed E-state index contributed by atoms with van der Waals surface area (Å²) in [6.45, 7) is 6.42. The highest BCUT2D eigenvalue weighted by molar-refractivity contribution is 5.93. The maximum atomic E-state index is 12.5. The molecule has 0 aliphatic carbocycles. The fourth-order valence-electron chi connectivity index (χ4n) is 2.15. The number of nitrogens with zero attached hydrogens (tertiary/aromatic N) is 2. The first-order chi connectivity index (χ1) is 11.5. The first kappa shape index (κ1) is 21.1. The molecule has 0 radical (unpaired) electrons. The predicted molar refractivity (Wildman–Crippen MR) is 83.1 cm³/mol. The average Bonchev–Trinajstić information content (AvgIpc) is 2.53. The fraction of sp³-hybridized carbons (Fsp3) is 0.600. The Balaban J connectivity index is 0.000000381. The van der Waals surface area contributed by atoms with Gasteiger partial charge in [0.1, 0.15) is 5.69 Å². The summed E-state index contributed by atoms with van der Waals surface area (Å²) in [7, 11) is 1.55. The van der Waals surface area contributed by atoms with Gasteiger partial charge in [0.2, 0.25) is 5.88 Å². The van der Waals surface area contributed by atoms with E-state index < -0.39 is 12.5 Å². The minimum absolute atomic E-state index is 0.0413. The number of aromatic nitrogens is 1. The summed E-state index contributed by atoms with van der Waals surface area (Å²) >= 11 is 0. The number of nitrogens with one attached hydrogen (secondary N) is 1. The number of amides is 1. The molecule has 0 unspecified atom stereocenters. The molecule has 1 amide bonds. The second kappa shape index (κ2) is 8.45. The normalized spacial score (nSPS) is 16.9. The Labute approximate surface area is 143 Å². The molecule has 142 valence electrons. The van der Waals surface area contributed by atoms with Gasteiger partial charge in [0.05, 0.1) is 12.6 Å². The zero-order chi connectivity index (χ0) is 19.3. The van der Waals surface area contributed by atoms with E-state index in [9.17, 15) is 18.0 Å². The third-order valence-electron chi connectivity index (χ3n) is 3.49. The van der Waals surface area contributed by atoms with Crippen molar-refractivity contribution in [1.29, 1.82) is 0 Å². The van der Waals surface area contributed by atoms with Gasteiger partial charge in [0.25, 0.3) is 12.2 Å². The summed E-state index contributed by atoms with van der Waals surface area (Å²) in [5.74, 6) is 0.425. The third-order valence-corrected chi connectivity index (χ3v) is 3.49. The van der Waals surface area contributed by atoms with Crippen LogP contribution in [0.5, 0.6) is 5.88 Å². The molecule has 2 rings (SSSR count). The summed E-state index contributed by atoms with van der Waals surface area (Å²) in [6.07, 6.45) is -8.09. The Morgan fingerprint density at radius 3 is 2.48 bits per heavy atom. The quantitative estimate of drug-likeness (QED) is 0.671. The topological polar surface area (TPSA) is 94.9 Å². The summed E-state index contributed by atoms with van der Waals surface area (Å²) in [4.78, 5) is 18.5. The molecule has 0 saturated carbocycles. The molecule has 1 aromatic heterocycles. The summed E-state index contributed by atoms with van der Waals surface area (Å²) in [5.41, 5.74) is 0.240. The number of hydrogen-bond acceptors (Lipinski definition) is 6. The van der Waals surface area contributed by atoms with Crippen LogP contribution in [0.1, 0.15) is 24.3 Å². The lowest BCUT2D eigenvalue weighted by atomic mass is 9.99. The van der Waals surface area contributed by atoms with Crippen LogP contribution in [0.4, 0.5) is 13.2 Å². The van der Waals surface area contributed by atoms with Crippen molar-refractivity contribution in [3.05, 3.63) is 23.9 Å². The second-order valence-electron chi connectivity index (χ2n) is 5.93. The van der Waals surface area contributed by atoms with Crippen LogP contribution in [0.25, 0.3) is 0 Å². The van der Waals surface area contributed by atoms with Crippen LogP contribution in [0, 0.1) is 0 Å². The van der Waals surface area contributed by atoms with Gasteiger partial charge < -0.3 is 25.2 Å². The van der Waals surface area contributed by atoms with E-state index in [1.165, 1.54) is 0 Å². The molecule has 0 bridgehead atoms. The van der Waals surface area contributed by atoms with Gasteiger partial charge in [-0.25, -0.2) is 4.98 Å². The standard InChI is InChI=1S/C13H19N3O2.C2H3F3O2/c1-13(2)9-14-7-8-16(13)12(17)10-5-4-6-11(15-10)18-3;3-2(4,5)1(6)7/h4-6,14H,7-9H2,1-3H3;1,6-7H. The molecule has 1 aliphatic heterocycles. The number of methoxy groups -OCH3 is 1. The number of carbonyl (C=O) groups excluding carboxylic acids is 1. The number of ether oxygens (including phenoxy) is 1. The van der Waals surface area contributed by atoms with E-state index in [1.807, 2.05) is 4.90 Å². The molecule has 0 spiro atoms. The van der Waals surface area contributed by atoms with Crippen LogP contribution in [0.15, 0.2) is 18.2 Å². The Kier molecular flexibility index (Phi) is 7.15. The minimum Gasteiger partial charge on any atom is -0.481 e. The number of rotatable bonds is 2. The molecular formula is C15H22F3N3O4. The molecular weight excluding hydrogens is 343 g/mol. The van der Waals surface area contributed by atoms with E-state index >= 15 is 0 Å². The molecule has 0 atom stereocenters. The Bertz CT molecular complexity index is 579. The number of aliphatic hydroxyl groups excluding tert-OH is 1. The van der Waals surface area contributed by atoms with Gasteiger partial charge in [-0.1, -0.05) is 6.07 Å². The van der Waals surface area contributed by atoms with E-state index in [1.54, 1.807) is 25.3 Å². The van der Waals surface area contributed by atoms with Gasteiger partial charge in [0.15, 0.2) is 0 Å².